The number of alkyl halides is 3. The minimum absolute atomic E-state index is 0.181. The highest BCUT2D eigenvalue weighted by molar-refractivity contribution is 6.28. The van der Waals surface area contributed by atoms with Gasteiger partial charge in [-0.2, -0.15) is 13.2 Å². The molecule has 1 aromatic heterocycles. The Bertz CT molecular complexity index is 818. The number of carbonyl (C=O) groups is 2. The number of hydrogen-bond donors (Lipinski definition) is 1. The maximum atomic E-state index is 13.0. The Kier molecular flexibility index (Phi) is 5.85. The molecule has 2 aliphatic carbocycles. The molecule has 2 unspecified atom stereocenters. The zero-order valence-electron chi connectivity index (χ0n) is 15.2. The summed E-state index contributed by atoms with van der Waals surface area (Å²) in [7, 11) is 0. The van der Waals surface area contributed by atoms with Crippen LogP contribution < -0.4 is 0 Å². The minimum atomic E-state index is -4.70. The molecule has 2 bridgehead atoms. The number of aliphatic hydroxyl groups is 1. The summed E-state index contributed by atoms with van der Waals surface area (Å²) in [5.74, 6) is -2.15. The number of Topliss-reactive ketones (excluding diaryl/α,β-unsaturated/α-hetero) is 2. The molecule has 0 radical (unpaired) electrons. The molecule has 9 heteroatoms. The Morgan fingerprint density at radius 1 is 1.25 bits per heavy atom. The van der Waals surface area contributed by atoms with Crippen LogP contribution in [0.3, 0.4) is 0 Å². The van der Waals surface area contributed by atoms with Gasteiger partial charge in [0.15, 0.2) is 5.78 Å². The molecule has 0 amide bonds. The van der Waals surface area contributed by atoms with Crippen LogP contribution in [0, 0.1) is 11.8 Å². The second-order valence-electron chi connectivity index (χ2n) is 6.81. The van der Waals surface area contributed by atoms with E-state index in [2.05, 4.69) is 4.98 Å². The van der Waals surface area contributed by atoms with Crippen LogP contribution in [0.5, 0.6) is 0 Å². The molecule has 1 aromatic rings. The van der Waals surface area contributed by atoms with Crippen molar-refractivity contribution in [2.75, 3.05) is 13.4 Å². The van der Waals surface area contributed by atoms with Crippen LogP contribution in [-0.4, -0.2) is 35.1 Å². The lowest BCUT2D eigenvalue weighted by Gasteiger charge is -2.21. The van der Waals surface area contributed by atoms with E-state index in [1.165, 1.54) is 0 Å². The third kappa shape index (κ3) is 3.95. The van der Waals surface area contributed by atoms with E-state index < -0.39 is 30.0 Å². The number of carbonyl (C=O) groups excluding carboxylic acids is 2. The van der Waals surface area contributed by atoms with Gasteiger partial charge in [-0.15, -0.1) is 0 Å². The summed E-state index contributed by atoms with van der Waals surface area (Å²) >= 11 is 0. The number of aliphatic hydroxyl groups excluding tert-OH is 1. The Hall–Kier alpha value is -2.26. The molecule has 0 aromatic carbocycles. The fourth-order valence-electron chi connectivity index (χ4n) is 3.62. The molecule has 28 heavy (non-hydrogen) atoms. The van der Waals surface area contributed by atoms with Crippen LogP contribution >= 0.6 is 0 Å². The second kappa shape index (κ2) is 8.00. The van der Waals surface area contributed by atoms with E-state index in [0.717, 1.165) is 6.07 Å². The average Bonchev–Trinajstić information content (AvgIpc) is 3.10. The zero-order chi connectivity index (χ0) is 20.5. The molecule has 2 aliphatic rings. The number of nitrogens with zero attached hydrogens (tertiary/aromatic N) is 1. The Balaban J connectivity index is 1.96. The van der Waals surface area contributed by atoms with Crippen LogP contribution in [-0.2, 0) is 27.1 Å². The quantitative estimate of drug-likeness (QED) is 0.326. The number of rotatable bonds is 7. The van der Waals surface area contributed by atoms with E-state index in [0.29, 0.717) is 31.9 Å². The molecule has 1 N–H and O–H groups in total. The van der Waals surface area contributed by atoms with Gasteiger partial charge in [0, 0.05) is 24.0 Å². The molecular formula is C19H20F3NO5. The summed E-state index contributed by atoms with van der Waals surface area (Å²) in [6.07, 6.45) is -3.01. The predicted octanol–water partition coefficient (Wildman–Crippen LogP) is 3.60. The lowest BCUT2D eigenvalue weighted by molar-refractivity contribution is -0.141. The van der Waals surface area contributed by atoms with E-state index in [9.17, 15) is 27.9 Å². The summed E-state index contributed by atoms with van der Waals surface area (Å²) in [6.45, 7) is 1.48. The first-order valence-electron chi connectivity index (χ1n) is 8.98. The number of fused-ring (bicyclic) bond motifs is 2. The molecule has 2 atom stereocenters. The first kappa shape index (κ1) is 20.5. The van der Waals surface area contributed by atoms with E-state index in [4.69, 9.17) is 9.47 Å². The van der Waals surface area contributed by atoms with Crippen molar-refractivity contribution in [3.05, 3.63) is 40.4 Å². The largest absolute Gasteiger partial charge is 0.511 e. The van der Waals surface area contributed by atoms with Crippen molar-refractivity contribution in [3.8, 4) is 0 Å². The molecule has 0 spiro atoms. The van der Waals surface area contributed by atoms with Crippen LogP contribution in [0.25, 0.3) is 0 Å². The van der Waals surface area contributed by atoms with Gasteiger partial charge < -0.3 is 14.6 Å². The normalized spacial score (nSPS) is 22.1. The standard InChI is InChI=1S/C19H20F3NO5/c1-2-27-9-28-8-13-12(5-6-14(23-13)19(20,21)22)18(26)15-16(24)10-3-4-11(7-10)17(15)25/h5-6,10-11,24H,2-4,7-9H2,1H3. The van der Waals surface area contributed by atoms with Gasteiger partial charge in [0.2, 0.25) is 5.78 Å². The van der Waals surface area contributed by atoms with E-state index in [1.54, 1.807) is 6.92 Å². The molecule has 0 aliphatic heterocycles. The smallest absolute Gasteiger partial charge is 0.433 e. The Morgan fingerprint density at radius 3 is 2.64 bits per heavy atom. The number of ketones is 2. The van der Waals surface area contributed by atoms with Crippen molar-refractivity contribution in [3.63, 3.8) is 0 Å². The van der Waals surface area contributed by atoms with Crippen LogP contribution in [0.15, 0.2) is 23.5 Å². The van der Waals surface area contributed by atoms with E-state index >= 15 is 0 Å². The minimum Gasteiger partial charge on any atom is -0.511 e. The van der Waals surface area contributed by atoms with Crippen LogP contribution in [0.1, 0.15) is 47.9 Å². The summed E-state index contributed by atoms with van der Waals surface area (Å²) in [6, 6.07) is 1.65. The van der Waals surface area contributed by atoms with Gasteiger partial charge in [0.1, 0.15) is 23.8 Å². The molecule has 152 valence electrons. The number of allylic oxidation sites excluding steroid dienone is 2. The van der Waals surface area contributed by atoms with Crippen LogP contribution in [0.4, 0.5) is 13.2 Å². The fourth-order valence-corrected chi connectivity index (χ4v) is 3.62. The maximum absolute atomic E-state index is 13.0. The third-order valence-corrected chi connectivity index (χ3v) is 5.04. The zero-order valence-corrected chi connectivity index (χ0v) is 15.2. The van der Waals surface area contributed by atoms with Crippen molar-refractivity contribution in [1.29, 1.82) is 0 Å². The molecular weight excluding hydrogens is 379 g/mol. The van der Waals surface area contributed by atoms with Gasteiger partial charge >= 0.3 is 6.18 Å². The lowest BCUT2D eigenvalue weighted by Crippen LogP contribution is -2.28. The SMILES string of the molecule is CCOCOCc1nc(C(F)(F)F)ccc1C(=O)C1=C(O)C2CCC(C2)C1=O. The van der Waals surface area contributed by atoms with Crippen molar-refractivity contribution in [1.82, 2.24) is 4.98 Å². The Morgan fingerprint density at radius 2 is 1.96 bits per heavy atom. The van der Waals surface area contributed by atoms with Gasteiger partial charge in [-0.05, 0) is 38.3 Å². The second-order valence-corrected chi connectivity index (χ2v) is 6.81. The van der Waals surface area contributed by atoms with Gasteiger partial charge in [-0.25, -0.2) is 4.98 Å². The number of pyridine rings is 1. The molecule has 1 saturated carbocycles. The summed E-state index contributed by atoms with van der Waals surface area (Å²) < 4.78 is 49.2. The van der Waals surface area contributed by atoms with E-state index in [-0.39, 0.29) is 41.2 Å². The highest BCUT2D eigenvalue weighted by Gasteiger charge is 2.44. The first-order chi connectivity index (χ1) is 13.2. The van der Waals surface area contributed by atoms with Gasteiger partial charge in [-0.1, -0.05) is 0 Å². The topological polar surface area (TPSA) is 85.7 Å². The lowest BCUT2D eigenvalue weighted by atomic mass is 9.83. The fraction of sp³-hybridized carbons (Fsp3) is 0.526. The summed E-state index contributed by atoms with van der Waals surface area (Å²) in [5, 5.41) is 10.4. The van der Waals surface area contributed by atoms with Crippen LogP contribution in [0.2, 0.25) is 0 Å². The van der Waals surface area contributed by atoms with E-state index in [1.807, 2.05) is 0 Å². The number of halogens is 3. The van der Waals surface area contributed by atoms with Gasteiger partial charge in [0.05, 0.1) is 12.3 Å². The molecule has 0 saturated heterocycles. The summed E-state index contributed by atoms with van der Waals surface area (Å²) in [4.78, 5) is 29.0. The molecule has 1 heterocycles. The maximum Gasteiger partial charge on any atom is 0.433 e. The Labute approximate surface area is 159 Å². The highest BCUT2D eigenvalue weighted by Crippen LogP contribution is 2.43. The van der Waals surface area contributed by atoms with Crippen molar-refractivity contribution >= 4 is 11.6 Å². The molecule has 3 rings (SSSR count). The first-order valence-corrected chi connectivity index (χ1v) is 8.98. The van der Waals surface area contributed by atoms with Crippen molar-refractivity contribution < 1.29 is 37.3 Å². The number of ether oxygens (including phenoxy) is 2. The molecule has 6 nitrogen and oxygen atoms in total. The summed E-state index contributed by atoms with van der Waals surface area (Å²) in [5.41, 5.74) is -1.97. The average molecular weight is 399 g/mol. The number of hydrogen-bond acceptors (Lipinski definition) is 6. The van der Waals surface area contributed by atoms with Gasteiger partial charge in [0.25, 0.3) is 0 Å². The van der Waals surface area contributed by atoms with Gasteiger partial charge in [-0.3, -0.25) is 9.59 Å². The van der Waals surface area contributed by atoms with Crippen molar-refractivity contribution in [2.24, 2.45) is 11.8 Å². The molecule has 1 fully saturated rings. The highest BCUT2D eigenvalue weighted by atomic mass is 19.4. The van der Waals surface area contributed by atoms with Crippen molar-refractivity contribution in [2.45, 2.75) is 39.0 Å². The predicted molar refractivity (Wildman–Crippen MR) is 90.3 cm³/mol. The third-order valence-electron chi connectivity index (χ3n) is 5.04. The monoisotopic (exact) mass is 399 g/mol. The number of aromatic nitrogens is 1.